The number of carbonyl (C=O) groups is 1. The highest BCUT2D eigenvalue weighted by Gasteiger charge is 2.17. The number of benzene rings is 3. The van der Waals surface area contributed by atoms with Gasteiger partial charge in [-0.3, -0.25) is 10.1 Å². The van der Waals surface area contributed by atoms with Crippen LogP contribution in [0, 0.1) is 10.1 Å². The van der Waals surface area contributed by atoms with E-state index >= 15 is 0 Å². The van der Waals surface area contributed by atoms with Gasteiger partial charge in [0, 0.05) is 22.7 Å². The highest BCUT2D eigenvalue weighted by molar-refractivity contribution is 8.03. The lowest BCUT2D eigenvalue weighted by Gasteiger charge is -2.13. The predicted octanol–water partition coefficient (Wildman–Crippen LogP) is 6.49. The maximum atomic E-state index is 11.9. The number of aliphatic carboxylic acids is 1. The fraction of sp³-hybridized carbons (Fsp3) is 0.115. The lowest BCUT2D eigenvalue weighted by atomic mass is 10.2. The number of carboxylic acid groups (broad SMARTS) is 1. The Hall–Kier alpha value is -4.35. The zero-order valence-electron chi connectivity index (χ0n) is 19.9. The average molecular weight is 554 g/mol. The van der Waals surface area contributed by atoms with Crippen LogP contribution in [0.25, 0.3) is 17.5 Å². The van der Waals surface area contributed by atoms with Crippen molar-refractivity contribution in [1.82, 2.24) is 10.2 Å². The molecule has 4 rings (SSSR count). The molecule has 0 saturated carbocycles. The molecule has 0 aliphatic heterocycles. The summed E-state index contributed by atoms with van der Waals surface area (Å²) >= 11 is 6.72. The standard InChI is InChI=1S/C26H20ClN3O7S/c1-2-35-22-13-17(5-12-21(22)36-15-16-3-10-20(11-4-16)30(33)34)14-23(25(31)32)38-26-29-28-24(37-26)18-6-8-19(27)9-7-18/h3-14H,2,15H2,1H3,(H,31,32)/b23-14-. The van der Waals surface area contributed by atoms with E-state index in [4.69, 9.17) is 25.5 Å². The molecule has 10 nitrogen and oxygen atoms in total. The molecule has 3 aromatic carbocycles. The molecule has 1 aromatic heterocycles. The van der Waals surface area contributed by atoms with Crippen LogP contribution in [-0.4, -0.2) is 32.8 Å². The number of aromatic nitrogens is 2. The third kappa shape index (κ3) is 6.90. The van der Waals surface area contributed by atoms with Gasteiger partial charge >= 0.3 is 5.97 Å². The number of nitrogens with zero attached hydrogens (tertiary/aromatic N) is 3. The van der Waals surface area contributed by atoms with Gasteiger partial charge in [-0.25, -0.2) is 4.79 Å². The maximum absolute atomic E-state index is 11.9. The van der Waals surface area contributed by atoms with Crippen molar-refractivity contribution in [3.05, 3.63) is 97.9 Å². The Morgan fingerprint density at radius 3 is 2.47 bits per heavy atom. The summed E-state index contributed by atoms with van der Waals surface area (Å²) in [5, 5.41) is 29.1. The SMILES string of the molecule is CCOc1cc(/C=C(\Sc2nnc(-c3ccc(Cl)cc3)o2)C(=O)O)ccc1OCc1ccc([N+](=O)[O-])cc1. The smallest absolute Gasteiger partial charge is 0.342 e. The molecule has 1 N–H and O–H groups in total. The molecule has 0 aliphatic carbocycles. The predicted molar refractivity (Wildman–Crippen MR) is 141 cm³/mol. The Morgan fingerprint density at radius 2 is 1.82 bits per heavy atom. The van der Waals surface area contributed by atoms with Crippen molar-refractivity contribution >= 4 is 41.1 Å². The first kappa shape index (κ1) is 26.7. The second kappa shape index (κ2) is 12.3. The Balaban J connectivity index is 1.50. The first-order valence-electron chi connectivity index (χ1n) is 11.2. The lowest BCUT2D eigenvalue weighted by Crippen LogP contribution is -2.01. The number of rotatable bonds is 11. The number of nitro groups is 1. The minimum Gasteiger partial charge on any atom is -0.490 e. The van der Waals surface area contributed by atoms with Gasteiger partial charge in [-0.1, -0.05) is 17.7 Å². The van der Waals surface area contributed by atoms with E-state index in [1.165, 1.54) is 18.2 Å². The second-order valence-electron chi connectivity index (χ2n) is 7.65. The third-order valence-corrected chi connectivity index (χ3v) is 6.12. The molecule has 4 aromatic rings. The third-order valence-electron chi connectivity index (χ3n) is 5.01. The minimum atomic E-state index is -1.17. The number of hydrogen-bond donors (Lipinski definition) is 1. The number of carboxylic acids is 1. The van der Waals surface area contributed by atoms with Crippen molar-refractivity contribution in [2.45, 2.75) is 18.8 Å². The van der Waals surface area contributed by atoms with E-state index in [1.807, 2.05) is 6.92 Å². The van der Waals surface area contributed by atoms with Gasteiger partial charge in [0.05, 0.1) is 11.5 Å². The van der Waals surface area contributed by atoms with Crippen LogP contribution >= 0.6 is 23.4 Å². The molecular formula is C26H20ClN3O7S. The van der Waals surface area contributed by atoms with Gasteiger partial charge in [-0.05, 0) is 84.4 Å². The molecule has 0 saturated heterocycles. The number of ether oxygens (including phenoxy) is 2. The van der Waals surface area contributed by atoms with Crippen molar-refractivity contribution < 1.29 is 28.7 Å². The summed E-state index contributed by atoms with van der Waals surface area (Å²) in [6.07, 6.45) is 1.46. The van der Waals surface area contributed by atoms with Crippen LogP contribution in [0.2, 0.25) is 5.02 Å². The van der Waals surface area contributed by atoms with Gasteiger partial charge in [0.1, 0.15) is 11.5 Å². The summed E-state index contributed by atoms with van der Waals surface area (Å²) in [4.78, 5) is 22.3. The molecule has 1 heterocycles. The van der Waals surface area contributed by atoms with Gasteiger partial charge in [0.15, 0.2) is 11.5 Å². The lowest BCUT2D eigenvalue weighted by molar-refractivity contribution is -0.384. The normalized spacial score (nSPS) is 11.3. The monoisotopic (exact) mass is 553 g/mol. The molecule has 194 valence electrons. The molecule has 0 bridgehead atoms. The van der Waals surface area contributed by atoms with Gasteiger partial charge in [-0.15, -0.1) is 10.2 Å². The van der Waals surface area contributed by atoms with E-state index in [0.717, 1.165) is 17.3 Å². The molecule has 12 heteroatoms. The summed E-state index contributed by atoms with van der Waals surface area (Å²) in [5.74, 6) is -0.0723. The minimum absolute atomic E-state index is 0.00580. The molecule has 0 unspecified atom stereocenters. The first-order chi connectivity index (χ1) is 18.3. The summed E-state index contributed by atoms with van der Waals surface area (Å²) in [5.41, 5.74) is 1.94. The van der Waals surface area contributed by atoms with Crippen LogP contribution in [0.3, 0.4) is 0 Å². The van der Waals surface area contributed by atoms with Crippen molar-refractivity contribution in [3.63, 3.8) is 0 Å². The van der Waals surface area contributed by atoms with Gasteiger partial charge in [0.2, 0.25) is 5.89 Å². The van der Waals surface area contributed by atoms with E-state index in [-0.39, 0.29) is 28.3 Å². The van der Waals surface area contributed by atoms with E-state index < -0.39 is 10.9 Å². The molecule has 0 fully saturated rings. The molecule has 0 radical (unpaired) electrons. The molecular weight excluding hydrogens is 534 g/mol. The number of hydrogen-bond acceptors (Lipinski definition) is 9. The Labute approximate surface area is 226 Å². The maximum Gasteiger partial charge on any atom is 0.342 e. The van der Waals surface area contributed by atoms with E-state index in [0.29, 0.717) is 34.3 Å². The highest BCUT2D eigenvalue weighted by atomic mass is 35.5. The molecule has 0 aliphatic rings. The number of non-ortho nitro benzene ring substituents is 1. The van der Waals surface area contributed by atoms with Gasteiger partial charge < -0.3 is 19.0 Å². The molecule has 0 atom stereocenters. The van der Waals surface area contributed by atoms with Crippen molar-refractivity contribution in [1.29, 1.82) is 0 Å². The number of thioether (sulfide) groups is 1. The van der Waals surface area contributed by atoms with Crippen LogP contribution < -0.4 is 9.47 Å². The quantitative estimate of drug-likeness (QED) is 0.0948. The fourth-order valence-electron chi connectivity index (χ4n) is 3.22. The number of nitro benzene ring substituents is 1. The Bertz CT molecular complexity index is 1470. The largest absolute Gasteiger partial charge is 0.490 e. The second-order valence-corrected chi connectivity index (χ2v) is 9.08. The Morgan fingerprint density at radius 1 is 1.08 bits per heavy atom. The van der Waals surface area contributed by atoms with Crippen molar-refractivity contribution in [3.8, 4) is 23.0 Å². The Kier molecular flexibility index (Phi) is 8.62. The summed E-state index contributed by atoms with van der Waals surface area (Å²) < 4.78 is 17.2. The van der Waals surface area contributed by atoms with E-state index in [2.05, 4.69) is 10.2 Å². The highest BCUT2D eigenvalue weighted by Crippen LogP contribution is 2.34. The van der Waals surface area contributed by atoms with Crippen LogP contribution in [0.5, 0.6) is 11.5 Å². The molecule has 0 amide bonds. The summed E-state index contributed by atoms with van der Waals surface area (Å²) in [6.45, 7) is 2.34. The van der Waals surface area contributed by atoms with Gasteiger partial charge in [-0.2, -0.15) is 0 Å². The zero-order valence-corrected chi connectivity index (χ0v) is 21.4. The van der Waals surface area contributed by atoms with Crippen LogP contribution in [0.1, 0.15) is 18.1 Å². The summed E-state index contributed by atoms with van der Waals surface area (Å²) in [6, 6.07) is 17.9. The van der Waals surface area contributed by atoms with Gasteiger partial charge in [0.25, 0.3) is 10.9 Å². The van der Waals surface area contributed by atoms with E-state index in [9.17, 15) is 20.0 Å². The summed E-state index contributed by atoms with van der Waals surface area (Å²) in [7, 11) is 0. The number of halogens is 1. The zero-order chi connectivity index (χ0) is 27.1. The average Bonchev–Trinajstić information content (AvgIpc) is 3.37. The van der Waals surface area contributed by atoms with Crippen LogP contribution in [0.15, 0.2) is 81.3 Å². The van der Waals surface area contributed by atoms with Crippen LogP contribution in [-0.2, 0) is 11.4 Å². The molecule has 38 heavy (non-hydrogen) atoms. The van der Waals surface area contributed by atoms with Crippen molar-refractivity contribution in [2.75, 3.05) is 6.61 Å². The first-order valence-corrected chi connectivity index (χ1v) is 12.4. The van der Waals surface area contributed by atoms with Crippen molar-refractivity contribution in [2.24, 2.45) is 0 Å². The topological polar surface area (TPSA) is 138 Å². The van der Waals surface area contributed by atoms with Crippen LogP contribution in [0.4, 0.5) is 5.69 Å². The molecule has 0 spiro atoms. The van der Waals surface area contributed by atoms with E-state index in [1.54, 1.807) is 54.6 Å². The fourth-order valence-corrected chi connectivity index (χ4v) is 4.02.